The highest BCUT2D eigenvalue weighted by Gasteiger charge is 2.13. The van der Waals surface area contributed by atoms with Crippen molar-refractivity contribution in [1.82, 2.24) is 0 Å². The molecule has 0 radical (unpaired) electrons. The number of anilines is 1. The third-order valence-corrected chi connectivity index (χ3v) is 3.46. The molecule has 2 aromatic rings. The molecular formula is C17H20FNO2. The summed E-state index contributed by atoms with van der Waals surface area (Å²) in [5.41, 5.74) is 2.75. The minimum atomic E-state index is -0.232. The summed E-state index contributed by atoms with van der Waals surface area (Å²) in [5.74, 6) is 1.33. The van der Waals surface area contributed by atoms with E-state index < -0.39 is 0 Å². The van der Waals surface area contributed by atoms with Crippen LogP contribution >= 0.6 is 0 Å². The van der Waals surface area contributed by atoms with Gasteiger partial charge in [-0.15, -0.1) is 0 Å². The fourth-order valence-corrected chi connectivity index (χ4v) is 2.28. The molecule has 0 aromatic heterocycles. The highest BCUT2D eigenvalue weighted by molar-refractivity contribution is 5.54. The number of ether oxygens (including phenoxy) is 2. The van der Waals surface area contributed by atoms with Gasteiger partial charge < -0.3 is 14.8 Å². The van der Waals surface area contributed by atoms with Crippen LogP contribution < -0.4 is 14.8 Å². The maximum absolute atomic E-state index is 13.2. The van der Waals surface area contributed by atoms with Crippen LogP contribution in [0.15, 0.2) is 36.4 Å². The first kappa shape index (κ1) is 15.2. The first-order valence-corrected chi connectivity index (χ1v) is 6.79. The molecule has 0 amide bonds. The van der Waals surface area contributed by atoms with Crippen molar-refractivity contribution in [3.8, 4) is 11.5 Å². The Kier molecular flexibility index (Phi) is 4.68. The van der Waals surface area contributed by atoms with Gasteiger partial charge in [-0.2, -0.15) is 0 Å². The molecule has 0 aliphatic rings. The first-order chi connectivity index (χ1) is 10.0. The molecule has 21 heavy (non-hydrogen) atoms. The Labute approximate surface area is 124 Å². The number of benzene rings is 2. The Morgan fingerprint density at radius 3 is 2.43 bits per heavy atom. The molecule has 3 nitrogen and oxygen atoms in total. The molecule has 0 fully saturated rings. The summed E-state index contributed by atoms with van der Waals surface area (Å²) < 4.78 is 23.8. The Morgan fingerprint density at radius 2 is 1.81 bits per heavy atom. The molecular weight excluding hydrogens is 269 g/mol. The molecule has 0 heterocycles. The average molecular weight is 289 g/mol. The van der Waals surface area contributed by atoms with E-state index in [1.165, 1.54) is 12.1 Å². The summed E-state index contributed by atoms with van der Waals surface area (Å²) in [6.07, 6.45) is 0. The Hall–Kier alpha value is -2.23. The number of rotatable bonds is 5. The maximum atomic E-state index is 13.2. The van der Waals surface area contributed by atoms with Crippen molar-refractivity contribution in [3.63, 3.8) is 0 Å². The molecule has 1 N–H and O–H groups in total. The largest absolute Gasteiger partial charge is 0.497 e. The lowest BCUT2D eigenvalue weighted by molar-refractivity contribution is 0.397. The molecule has 0 aliphatic heterocycles. The predicted molar refractivity (Wildman–Crippen MR) is 82.7 cm³/mol. The van der Waals surface area contributed by atoms with Gasteiger partial charge in [-0.3, -0.25) is 0 Å². The summed E-state index contributed by atoms with van der Waals surface area (Å²) in [5, 5.41) is 3.38. The third kappa shape index (κ3) is 3.45. The molecule has 4 heteroatoms. The van der Waals surface area contributed by atoms with Gasteiger partial charge in [0.25, 0.3) is 0 Å². The summed E-state index contributed by atoms with van der Waals surface area (Å²) >= 11 is 0. The van der Waals surface area contributed by atoms with Gasteiger partial charge in [-0.05, 0) is 55.8 Å². The van der Waals surface area contributed by atoms with Crippen molar-refractivity contribution in [3.05, 3.63) is 53.3 Å². The quantitative estimate of drug-likeness (QED) is 0.889. The van der Waals surface area contributed by atoms with E-state index in [4.69, 9.17) is 9.47 Å². The van der Waals surface area contributed by atoms with E-state index in [9.17, 15) is 4.39 Å². The smallest absolute Gasteiger partial charge is 0.124 e. The zero-order chi connectivity index (χ0) is 15.4. The minimum Gasteiger partial charge on any atom is -0.497 e. The molecule has 0 saturated carbocycles. The van der Waals surface area contributed by atoms with Crippen molar-refractivity contribution in [2.45, 2.75) is 19.9 Å². The van der Waals surface area contributed by atoms with Crippen LogP contribution in [0.5, 0.6) is 11.5 Å². The topological polar surface area (TPSA) is 30.5 Å². The van der Waals surface area contributed by atoms with Gasteiger partial charge in [0, 0.05) is 11.3 Å². The van der Waals surface area contributed by atoms with Crippen LogP contribution in [-0.4, -0.2) is 14.2 Å². The standard InChI is InChI=1S/C17H20FNO2/c1-11-9-13(18)5-7-16(11)19-12(2)15-10-14(20-3)6-8-17(15)21-4/h5-10,12,19H,1-4H3. The van der Waals surface area contributed by atoms with Gasteiger partial charge >= 0.3 is 0 Å². The van der Waals surface area contributed by atoms with Crippen molar-refractivity contribution in [2.24, 2.45) is 0 Å². The molecule has 0 spiro atoms. The van der Waals surface area contributed by atoms with Crippen LogP contribution in [0.4, 0.5) is 10.1 Å². The van der Waals surface area contributed by atoms with Crippen LogP contribution in [0.25, 0.3) is 0 Å². The third-order valence-electron chi connectivity index (χ3n) is 3.46. The van der Waals surface area contributed by atoms with Gasteiger partial charge in [-0.25, -0.2) is 4.39 Å². The highest BCUT2D eigenvalue weighted by atomic mass is 19.1. The lowest BCUT2D eigenvalue weighted by Gasteiger charge is -2.20. The second-order valence-electron chi connectivity index (χ2n) is 4.93. The molecule has 1 atom stereocenters. The zero-order valence-corrected chi connectivity index (χ0v) is 12.7. The van der Waals surface area contributed by atoms with Gasteiger partial charge in [-0.1, -0.05) is 0 Å². The summed E-state index contributed by atoms with van der Waals surface area (Å²) in [6, 6.07) is 10.4. The van der Waals surface area contributed by atoms with Crippen LogP contribution in [0.1, 0.15) is 24.1 Å². The molecule has 0 aliphatic carbocycles. The summed E-state index contributed by atoms with van der Waals surface area (Å²) in [7, 11) is 3.27. The summed E-state index contributed by atoms with van der Waals surface area (Å²) in [4.78, 5) is 0. The second-order valence-corrected chi connectivity index (χ2v) is 4.93. The van der Waals surface area contributed by atoms with E-state index in [-0.39, 0.29) is 11.9 Å². The average Bonchev–Trinajstić information content (AvgIpc) is 2.49. The second kappa shape index (κ2) is 6.48. The monoisotopic (exact) mass is 289 g/mol. The lowest BCUT2D eigenvalue weighted by atomic mass is 10.1. The molecule has 2 aromatic carbocycles. The van der Waals surface area contributed by atoms with Gasteiger partial charge in [0.15, 0.2) is 0 Å². The van der Waals surface area contributed by atoms with E-state index in [1.807, 2.05) is 32.0 Å². The SMILES string of the molecule is COc1ccc(OC)c(C(C)Nc2ccc(F)cc2C)c1. The van der Waals surface area contributed by atoms with E-state index in [2.05, 4.69) is 5.32 Å². The van der Waals surface area contributed by atoms with Crippen LogP contribution in [-0.2, 0) is 0 Å². The molecule has 112 valence electrons. The number of halogens is 1. The van der Waals surface area contributed by atoms with Crippen molar-refractivity contribution in [2.75, 3.05) is 19.5 Å². The maximum Gasteiger partial charge on any atom is 0.124 e. The highest BCUT2D eigenvalue weighted by Crippen LogP contribution is 2.32. The number of aryl methyl sites for hydroxylation is 1. The van der Waals surface area contributed by atoms with E-state index in [1.54, 1.807) is 20.3 Å². The molecule has 1 unspecified atom stereocenters. The number of nitrogens with one attached hydrogen (secondary N) is 1. The normalized spacial score (nSPS) is 11.9. The van der Waals surface area contributed by atoms with E-state index in [0.717, 1.165) is 28.3 Å². The minimum absolute atomic E-state index is 0.000730. The fraction of sp³-hybridized carbons (Fsp3) is 0.294. The van der Waals surface area contributed by atoms with Crippen LogP contribution in [0.2, 0.25) is 0 Å². The molecule has 2 rings (SSSR count). The molecule has 0 bridgehead atoms. The zero-order valence-electron chi connectivity index (χ0n) is 12.7. The summed E-state index contributed by atoms with van der Waals surface area (Å²) in [6.45, 7) is 3.90. The van der Waals surface area contributed by atoms with Crippen molar-refractivity contribution < 1.29 is 13.9 Å². The van der Waals surface area contributed by atoms with Gasteiger partial charge in [0.1, 0.15) is 17.3 Å². The molecule has 0 saturated heterocycles. The Morgan fingerprint density at radius 1 is 1.05 bits per heavy atom. The Balaban J connectivity index is 2.28. The van der Waals surface area contributed by atoms with Crippen LogP contribution in [0, 0.1) is 12.7 Å². The fourth-order valence-electron chi connectivity index (χ4n) is 2.28. The van der Waals surface area contributed by atoms with E-state index >= 15 is 0 Å². The number of methoxy groups -OCH3 is 2. The number of hydrogen-bond acceptors (Lipinski definition) is 3. The van der Waals surface area contributed by atoms with Crippen molar-refractivity contribution in [1.29, 1.82) is 0 Å². The lowest BCUT2D eigenvalue weighted by Crippen LogP contribution is -2.09. The van der Waals surface area contributed by atoms with E-state index in [0.29, 0.717) is 0 Å². The number of hydrogen-bond donors (Lipinski definition) is 1. The first-order valence-electron chi connectivity index (χ1n) is 6.79. The van der Waals surface area contributed by atoms with Crippen LogP contribution in [0.3, 0.4) is 0 Å². The van der Waals surface area contributed by atoms with Gasteiger partial charge in [0.2, 0.25) is 0 Å². The van der Waals surface area contributed by atoms with Crippen molar-refractivity contribution >= 4 is 5.69 Å². The predicted octanol–water partition coefficient (Wildman–Crippen LogP) is 4.32. The van der Waals surface area contributed by atoms with Gasteiger partial charge in [0.05, 0.1) is 20.3 Å². The Bertz CT molecular complexity index is 628.